The summed E-state index contributed by atoms with van der Waals surface area (Å²) in [5, 5.41) is 10.7. The highest BCUT2D eigenvalue weighted by Crippen LogP contribution is 2.28. The number of aromatic nitrogens is 2. The summed E-state index contributed by atoms with van der Waals surface area (Å²) in [5.41, 5.74) is 0.782. The van der Waals surface area contributed by atoms with Crippen molar-refractivity contribution in [2.24, 2.45) is 0 Å². The minimum absolute atomic E-state index is 0.105. The molecule has 1 saturated heterocycles. The van der Waals surface area contributed by atoms with Crippen LogP contribution in [0.3, 0.4) is 0 Å². The second-order valence-electron chi connectivity index (χ2n) is 6.14. The number of morpholine rings is 1. The molecule has 0 radical (unpaired) electrons. The van der Waals surface area contributed by atoms with Gasteiger partial charge in [-0.3, -0.25) is 9.69 Å². The number of likely N-dealkylation sites (N-methyl/N-ethyl adjacent to an activating group) is 1. The molecule has 2 N–H and O–H groups in total. The number of hydrogen-bond donors (Lipinski definition) is 2. The Balaban J connectivity index is 1.59. The average molecular weight is 320 g/mol. The molecule has 1 aromatic heterocycles. The quantitative estimate of drug-likeness (QED) is 0.769. The standard InChI is InChI=1S/C16H24N4O3/c1-19(15(21)5-2-12-10-17-11-18-12)13-3-4-14(16(13)22)20-6-8-23-9-7-20/h2,5,10-11,13-14,16,22H,3-4,6-9H2,1H3,(H,17,18)/t13-,14-,16-/m1/s1. The van der Waals surface area contributed by atoms with E-state index in [4.69, 9.17) is 4.74 Å². The maximum atomic E-state index is 12.3. The van der Waals surface area contributed by atoms with Crippen molar-refractivity contribution in [3.8, 4) is 0 Å². The first-order chi connectivity index (χ1) is 11.2. The van der Waals surface area contributed by atoms with Gasteiger partial charge in [0.1, 0.15) is 0 Å². The van der Waals surface area contributed by atoms with Crippen molar-refractivity contribution in [3.05, 3.63) is 24.3 Å². The Morgan fingerprint density at radius 2 is 2.26 bits per heavy atom. The molecular formula is C16H24N4O3. The van der Waals surface area contributed by atoms with Crippen LogP contribution in [0.15, 0.2) is 18.6 Å². The number of aromatic amines is 1. The fourth-order valence-corrected chi connectivity index (χ4v) is 3.47. The number of aliphatic hydroxyl groups is 1. The van der Waals surface area contributed by atoms with Crippen molar-refractivity contribution in [2.75, 3.05) is 33.4 Å². The van der Waals surface area contributed by atoms with Crippen molar-refractivity contribution in [2.45, 2.75) is 31.0 Å². The zero-order chi connectivity index (χ0) is 16.2. The molecule has 2 heterocycles. The Kier molecular flexibility index (Phi) is 5.09. The molecule has 0 spiro atoms. The summed E-state index contributed by atoms with van der Waals surface area (Å²) >= 11 is 0. The SMILES string of the molecule is CN(C(=O)C=Cc1cnc[nH]1)[C@@H]1CC[C@@H](N2CCOCC2)[C@@H]1O. The van der Waals surface area contributed by atoms with Gasteiger partial charge in [-0.15, -0.1) is 0 Å². The third-order valence-corrected chi connectivity index (χ3v) is 4.83. The molecule has 2 fully saturated rings. The number of aliphatic hydroxyl groups excluding tert-OH is 1. The fourth-order valence-electron chi connectivity index (χ4n) is 3.47. The zero-order valence-corrected chi connectivity index (χ0v) is 13.4. The summed E-state index contributed by atoms with van der Waals surface area (Å²) in [6.07, 6.45) is 7.67. The molecule has 1 aliphatic heterocycles. The van der Waals surface area contributed by atoms with Crippen molar-refractivity contribution in [3.63, 3.8) is 0 Å². The van der Waals surface area contributed by atoms with Gasteiger partial charge < -0.3 is 19.7 Å². The molecule has 1 amide bonds. The van der Waals surface area contributed by atoms with Crippen molar-refractivity contribution < 1.29 is 14.6 Å². The van der Waals surface area contributed by atoms with Crippen LogP contribution in [0.5, 0.6) is 0 Å². The predicted octanol–water partition coefficient (Wildman–Crippen LogP) is 0.105. The first-order valence-corrected chi connectivity index (χ1v) is 8.10. The molecular weight excluding hydrogens is 296 g/mol. The van der Waals surface area contributed by atoms with Gasteiger partial charge in [0.25, 0.3) is 0 Å². The monoisotopic (exact) mass is 320 g/mol. The molecule has 1 aromatic rings. The lowest BCUT2D eigenvalue weighted by atomic mass is 10.1. The summed E-state index contributed by atoms with van der Waals surface area (Å²) in [4.78, 5) is 23.1. The summed E-state index contributed by atoms with van der Waals surface area (Å²) in [5.74, 6) is -0.105. The molecule has 3 atom stereocenters. The smallest absolute Gasteiger partial charge is 0.246 e. The lowest BCUT2D eigenvalue weighted by Gasteiger charge is -2.36. The number of rotatable bonds is 4. The largest absolute Gasteiger partial charge is 0.389 e. The third kappa shape index (κ3) is 3.63. The normalized spacial score (nSPS) is 29.2. The van der Waals surface area contributed by atoms with Gasteiger partial charge in [-0.25, -0.2) is 4.98 Å². The van der Waals surface area contributed by atoms with E-state index in [0.29, 0.717) is 0 Å². The van der Waals surface area contributed by atoms with Crippen LogP contribution in [-0.4, -0.2) is 82.3 Å². The van der Waals surface area contributed by atoms with Gasteiger partial charge >= 0.3 is 0 Å². The van der Waals surface area contributed by atoms with Crippen molar-refractivity contribution in [1.29, 1.82) is 0 Å². The Labute approximate surface area is 135 Å². The Hall–Kier alpha value is -1.70. The van der Waals surface area contributed by atoms with E-state index in [1.54, 1.807) is 30.5 Å². The Bertz CT molecular complexity index is 540. The van der Waals surface area contributed by atoms with Crippen molar-refractivity contribution >= 4 is 12.0 Å². The van der Waals surface area contributed by atoms with E-state index in [2.05, 4.69) is 14.9 Å². The summed E-state index contributed by atoms with van der Waals surface area (Å²) in [7, 11) is 1.76. The maximum Gasteiger partial charge on any atom is 0.246 e. The van der Waals surface area contributed by atoms with Gasteiger partial charge in [0.2, 0.25) is 5.91 Å². The van der Waals surface area contributed by atoms with Crippen LogP contribution >= 0.6 is 0 Å². The van der Waals surface area contributed by atoms with Crippen molar-refractivity contribution in [1.82, 2.24) is 19.8 Å². The highest BCUT2D eigenvalue weighted by molar-refractivity contribution is 5.91. The summed E-state index contributed by atoms with van der Waals surface area (Å²) in [6, 6.07) is -0.0162. The van der Waals surface area contributed by atoms with Crippen LogP contribution in [0.1, 0.15) is 18.5 Å². The van der Waals surface area contributed by atoms with Crippen LogP contribution in [0.25, 0.3) is 6.08 Å². The topological polar surface area (TPSA) is 81.7 Å². The first-order valence-electron chi connectivity index (χ1n) is 8.10. The number of carbonyl (C=O) groups is 1. The first kappa shape index (κ1) is 16.2. The summed E-state index contributed by atoms with van der Waals surface area (Å²) in [6.45, 7) is 3.14. The van der Waals surface area contributed by atoms with E-state index in [9.17, 15) is 9.90 Å². The number of nitrogens with zero attached hydrogens (tertiary/aromatic N) is 3. The van der Waals surface area contributed by atoms with Crippen LogP contribution in [0.4, 0.5) is 0 Å². The second kappa shape index (κ2) is 7.25. The highest BCUT2D eigenvalue weighted by atomic mass is 16.5. The van der Waals surface area contributed by atoms with E-state index < -0.39 is 6.10 Å². The number of hydrogen-bond acceptors (Lipinski definition) is 5. The van der Waals surface area contributed by atoms with E-state index in [-0.39, 0.29) is 18.0 Å². The number of amides is 1. The molecule has 126 valence electrons. The number of ether oxygens (including phenoxy) is 1. The fraction of sp³-hybridized carbons (Fsp3) is 0.625. The van der Waals surface area contributed by atoms with Gasteiger partial charge in [-0.05, 0) is 18.9 Å². The maximum absolute atomic E-state index is 12.3. The van der Waals surface area contributed by atoms with Gasteiger partial charge in [0.05, 0.1) is 43.6 Å². The molecule has 0 bridgehead atoms. The lowest BCUT2D eigenvalue weighted by molar-refractivity contribution is -0.129. The molecule has 7 heteroatoms. The van der Waals surface area contributed by atoms with Gasteiger partial charge in [-0.2, -0.15) is 0 Å². The molecule has 0 unspecified atom stereocenters. The number of nitrogens with one attached hydrogen (secondary N) is 1. The van der Waals surface area contributed by atoms with Gasteiger partial charge in [-0.1, -0.05) is 0 Å². The number of carbonyl (C=O) groups excluding carboxylic acids is 1. The third-order valence-electron chi connectivity index (χ3n) is 4.83. The molecule has 3 rings (SSSR count). The molecule has 1 aliphatic carbocycles. The van der Waals surface area contributed by atoms with Crippen LogP contribution in [0.2, 0.25) is 0 Å². The van der Waals surface area contributed by atoms with E-state index >= 15 is 0 Å². The minimum atomic E-state index is -0.511. The van der Waals surface area contributed by atoms with Crippen LogP contribution in [-0.2, 0) is 9.53 Å². The minimum Gasteiger partial charge on any atom is -0.389 e. The van der Waals surface area contributed by atoms with Crippen LogP contribution < -0.4 is 0 Å². The van der Waals surface area contributed by atoms with E-state index in [1.807, 2.05) is 0 Å². The molecule has 7 nitrogen and oxygen atoms in total. The number of imidazole rings is 1. The zero-order valence-electron chi connectivity index (χ0n) is 13.4. The molecule has 2 aliphatic rings. The second-order valence-corrected chi connectivity index (χ2v) is 6.14. The molecule has 23 heavy (non-hydrogen) atoms. The van der Waals surface area contributed by atoms with Gasteiger partial charge in [0, 0.05) is 32.3 Å². The van der Waals surface area contributed by atoms with Crippen LogP contribution in [0, 0.1) is 0 Å². The average Bonchev–Trinajstić information content (AvgIpc) is 3.22. The highest BCUT2D eigenvalue weighted by Gasteiger charge is 2.41. The Morgan fingerprint density at radius 3 is 2.96 bits per heavy atom. The molecule has 0 aromatic carbocycles. The van der Waals surface area contributed by atoms with E-state index in [0.717, 1.165) is 44.8 Å². The Morgan fingerprint density at radius 1 is 1.48 bits per heavy atom. The van der Waals surface area contributed by atoms with Gasteiger partial charge in [0.15, 0.2) is 0 Å². The number of H-pyrrole nitrogens is 1. The predicted molar refractivity (Wildman–Crippen MR) is 85.6 cm³/mol. The molecule has 1 saturated carbocycles. The summed E-state index contributed by atoms with van der Waals surface area (Å²) < 4.78 is 5.37. The van der Waals surface area contributed by atoms with E-state index in [1.165, 1.54) is 6.08 Å². The lowest BCUT2D eigenvalue weighted by Crippen LogP contribution is -2.51.